The molecule has 1 aromatic rings. The molecule has 179 valence electrons. The monoisotopic (exact) mass is 535 g/mol. The summed E-state index contributed by atoms with van der Waals surface area (Å²) in [6.45, 7) is 19.5. The molecular weight excluding hydrogens is 491 g/mol. The SMILES string of the molecule is CC(=O)O[C@@H](C/C=C\CCC[C@H](C)[C@H](C)[C@@H](C)C(C)[C-](C)C)/C(C)=C/c1csc(C)n1.[Y]. The largest absolute Gasteiger partial charge is 0.458 e. The molecule has 0 saturated heterocycles. The van der Waals surface area contributed by atoms with E-state index in [1.807, 2.05) is 25.3 Å². The van der Waals surface area contributed by atoms with Gasteiger partial charge in [0.1, 0.15) is 6.10 Å². The second kappa shape index (κ2) is 16.3. The molecular formula is C27H44NO2SY-. The van der Waals surface area contributed by atoms with Crippen LogP contribution >= 0.6 is 11.3 Å². The maximum absolute atomic E-state index is 11.5. The molecule has 0 fully saturated rings. The van der Waals surface area contributed by atoms with Gasteiger partial charge < -0.3 is 10.7 Å². The fourth-order valence-corrected chi connectivity index (χ4v) is 4.53. The Bertz CT molecular complexity index is 725. The van der Waals surface area contributed by atoms with Crippen molar-refractivity contribution in [3.8, 4) is 0 Å². The molecule has 1 unspecified atom stereocenters. The van der Waals surface area contributed by atoms with Crippen molar-refractivity contribution in [2.24, 2.45) is 23.7 Å². The number of hydrogen-bond donors (Lipinski definition) is 0. The number of rotatable bonds is 13. The van der Waals surface area contributed by atoms with Gasteiger partial charge in [-0.1, -0.05) is 52.2 Å². The molecule has 5 atom stereocenters. The first-order valence-electron chi connectivity index (χ1n) is 11.8. The summed E-state index contributed by atoms with van der Waals surface area (Å²) in [5.74, 6) is 4.14. The second-order valence-corrected chi connectivity index (χ2v) is 10.5. The first-order valence-corrected chi connectivity index (χ1v) is 12.6. The van der Waals surface area contributed by atoms with Crippen LogP contribution in [0.2, 0.25) is 0 Å². The molecule has 0 amide bonds. The Hall–Kier alpha value is -0.316. The summed E-state index contributed by atoms with van der Waals surface area (Å²) in [6.07, 6.45) is 10.4. The first kappa shape index (κ1) is 31.7. The molecule has 0 aliphatic carbocycles. The predicted molar refractivity (Wildman–Crippen MR) is 135 cm³/mol. The average molecular weight is 536 g/mol. The minimum atomic E-state index is -0.244. The van der Waals surface area contributed by atoms with Crippen molar-refractivity contribution in [3.05, 3.63) is 39.7 Å². The number of nitrogens with zero attached hydrogens (tertiary/aromatic N) is 1. The fourth-order valence-electron chi connectivity index (χ4n) is 3.96. The van der Waals surface area contributed by atoms with Gasteiger partial charge in [-0.15, -0.1) is 11.3 Å². The van der Waals surface area contributed by atoms with Crippen molar-refractivity contribution in [1.82, 2.24) is 4.98 Å². The zero-order chi connectivity index (χ0) is 23.6. The number of esters is 1. The third-order valence-electron chi connectivity index (χ3n) is 6.80. The first-order chi connectivity index (χ1) is 14.5. The van der Waals surface area contributed by atoms with E-state index in [4.69, 9.17) is 4.74 Å². The molecule has 0 aromatic carbocycles. The zero-order valence-corrected chi connectivity index (χ0v) is 25.4. The standard InChI is InChI=1S/C27H44NO2S.Y/c1-18(2)21(5)23(7)22(6)19(3)14-12-10-11-13-15-27(30-25(9)29)20(4)16-26-17-31-24(8)28-26;/h11,13,16-17,19,21-23,27H,10,12,14-15H2,1-9H3;/q-1;/b13-11-,20-16+;/t19-,21?,22-,23-,27-;/m0./s1. The van der Waals surface area contributed by atoms with E-state index in [9.17, 15) is 4.79 Å². The van der Waals surface area contributed by atoms with Crippen LogP contribution in [-0.2, 0) is 42.2 Å². The minimum Gasteiger partial charge on any atom is -0.458 e. The number of ether oxygens (including phenoxy) is 1. The summed E-state index contributed by atoms with van der Waals surface area (Å²) < 4.78 is 5.55. The average Bonchev–Trinajstić information content (AvgIpc) is 3.11. The number of unbranched alkanes of at least 4 members (excludes halogenated alkanes) is 1. The number of aryl methyl sites for hydroxylation is 1. The van der Waals surface area contributed by atoms with Gasteiger partial charge in [0.25, 0.3) is 0 Å². The van der Waals surface area contributed by atoms with Crippen LogP contribution in [0.1, 0.15) is 91.8 Å². The van der Waals surface area contributed by atoms with Crippen LogP contribution in [0.4, 0.5) is 0 Å². The van der Waals surface area contributed by atoms with Crippen molar-refractivity contribution in [2.45, 2.75) is 94.1 Å². The van der Waals surface area contributed by atoms with Gasteiger partial charge in [0.15, 0.2) is 0 Å². The van der Waals surface area contributed by atoms with Gasteiger partial charge in [-0.3, -0.25) is 4.79 Å². The Kier molecular flexibility index (Phi) is 16.2. The zero-order valence-electron chi connectivity index (χ0n) is 21.8. The third kappa shape index (κ3) is 11.7. The van der Waals surface area contributed by atoms with Gasteiger partial charge in [0.05, 0.1) is 10.7 Å². The molecule has 0 bridgehead atoms. The van der Waals surface area contributed by atoms with Gasteiger partial charge >= 0.3 is 5.97 Å². The Morgan fingerprint density at radius 1 is 1.16 bits per heavy atom. The van der Waals surface area contributed by atoms with Crippen LogP contribution in [0.15, 0.2) is 23.1 Å². The fraction of sp³-hybridized carbons (Fsp3) is 0.667. The van der Waals surface area contributed by atoms with E-state index in [2.05, 4.69) is 58.7 Å². The molecule has 0 N–H and O–H groups in total. The number of allylic oxidation sites excluding steroid dienone is 1. The van der Waals surface area contributed by atoms with Crippen LogP contribution in [0, 0.1) is 36.5 Å². The van der Waals surface area contributed by atoms with Crippen LogP contribution in [0.5, 0.6) is 0 Å². The molecule has 32 heavy (non-hydrogen) atoms. The van der Waals surface area contributed by atoms with Gasteiger partial charge in [0, 0.05) is 51.4 Å². The topological polar surface area (TPSA) is 39.2 Å². The number of hydrogen-bond acceptors (Lipinski definition) is 4. The number of carbonyl (C=O) groups is 1. The van der Waals surface area contributed by atoms with Crippen LogP contribution in [-0.4, -0.2) is 17.1 Å². The van der Waals surface area contributed by atoms with Crippen molar-refractivity contribution < 1.29 is 42.2 Å². The van der Waals surface area contributed by atoms with E-state index in [1.54, 1.807) is 11.3 Å². The normalized spacial score (nSPS) is 17.0. The van der Waals surface area contributed by atoms with Crippen LogP contribution in [0.3, 0.4) is 0 Å². The Labute approximate surface area is 226 Å². The molecule has 0 aliphatic heterocycles. The molecule has 0 spiro atoms. The maximum atomic E-state index is 11.5. The van der Waals surface area contributed by atoms with Gasteiger partial charge in [-0.25, -0.2) is 4.98 Å². The molecule has 0 saturated carbocycles. The predicted octanol–water partition coefficient (Wildman–Crippen LogP) is 8.06. The summed E-state index contributed by atoms with van der Waals surface area (Å²) in [7, 11) is 0. The van der Waals surface area contributed by atoms with Crippen molar-refractivity contribution in [1.29, 1.82) is 0 Å². The van der Waals surface area contributed by atoms with Crippen molar-refractivity contribution in [2.75, 3.05) is 0 Å². The molecule has 1 aromatic heterocycles. The van der Waals surface area contributed by atoms with E-state index in [0.29, 0.717) is 12.3 Å². The molecule has 5 heteroatoms. The molecule has 0 aliphatic rings. The Balaban J connectivity index is 0.00000961. The number of thiazole rings is 1. The van der Waals surface area contributed by atoms with Gasteiger partial charge in [-0.05, 0) is 50.2 Å². The number of aromatic nitrogens is 1. The van der Waals surface area contributed by atoms with E-state index in [0.717, 1.165) is 40.4 Å². The molecule has 1 radical (unpaired) electrons. The molecule has 3 nitrogen and oxygen atoms in total. The van der Waals surface area contributed by atoms with E-state index in [1.165, 1.54) is 25.7 Å². The minimum absolute atomic E-state index is 0. The Morgan fingerprint density at radius 3 is 2.34 bits per heavy atom. The summed E-state index contributed by atoms with van der Waals surface area (Å²) >= 11 is 1.63. The van der Waals surface area contributed by atoms with Crippen molar-refractivity contribution in [3.63, 3.8) is 0 Å². The van der Waals surface area contributed by atoms with Crippen LogP contribution in [0.25, 0.3) is 6.08 Å². The van der Waals surface area contributed by atoms with Crippen LogP contribution < -0.4 is 0 Å². The third-order valence-corrected chi connectivity index (χ3v) is 7.59. The smallest absolute Gasteiger partial charge is 0.303 e. The van der Waals surface area contributed by atoms with Gasteiger partial charge in [-0.2, -0.15) is 19.8 Å². The molecule has 1 heterocycles. The van der Waals surface area contributed by atoms with E-state index < -0.39 is 0 Å². The summed E-state index contributed by atoms with van der Waals surface area (Å²) in [4.78, 5) is 16.0. The molecule has 1 rings (SSSR count). The van der Waals surface area contributed by atoms with Crippen molar-refractivity contribution >= 4 is 23.4 Å². The summed E-state index contributed by atoms with van der Waals surface area (Å²) in [5.41, 5.74) is 1.96. The van der Waals surface area contributed by atoms with E-state index in [-0.39, 0.29) is 44.8 Å². The van der Waals surface area contributed by atoms with Gasteiger partial charge in [0.2, 0.25) is 0 Å². The quantitative estimate of drug-likeness (QED) is 0.111. The Morgan fingerprint density at radius 2 is 1.81 bits per heavy atom. The summed E-state index contributed by atoms with van der Waals surface area (Å²) in [6, 6.07) is 0. The number of carbonyl (C=O) groups excluding carboxylic acids is 1. The second-order valence-electron chi connectivity index (χ2n) is 9.48. The summed E-state index contributed by atoms with van der Waals surface area (Å²) in [5, 5.41) is 3.07. The maximum Gasteiger partial charge on any atom is 0.303 e. The van der Waals surface area contributed by atoms with E-state index >= 15 is 0 Å².